The van der Waals surface area contributed by atoms with Gasteiger partial charge < -0.3 is 15.3 Å². The van der Waals surface area contributed by atoms with E-state index in [4.69, 9.17) is 5.11 Å². The van der Waals surface area contributed by atoms with E-state index < -0.39 is 0 Å². The van der Waals surface area contributed by atoms with Crippen LogP contribution in [0.25, 0.3) is 0 Å². The highest BCUT2D eigenvalue weighted by molar-refractivity contribution is 5.94. The number of hydrogen-bond acceptors (Lipinski definition) is 3. The Morgan fingerprint density at radius 2 is 1.85 bits per heavy atom. The second kappa shape index (κ2) is 7.90. The maximum Gasteiger partial charge on any atom is 0.251 e. The van der Waals surface area contributed by atoms with Crippen LogP contribution < -0.4 is 10.2 Å². The molecule has 4 nitrogen and oxygen atoms in total. The van der Waals surface area contributed by atoms with Gasteiger partial charge in [0.05, 0.1) is 6.10 Å². The third-order valence-corrected chi connectivity index (χ3v) is 3.27. The van der Waals surface area contributed by atoms with Crippen molar-refractivity contribution in [2.75, 3.05) is 18.0 Å². The predicted molar refractivity (Wildman–Crippen MR) is 83.2 cm³/mol. The Balaban J connectivity index is 2.63. The van der Waals surface area contributed by atoms with Gasteiger partial charge in [-0.15, -0.1) is 0 Å². The normalized spacial score (nSPS) is 12.3. The Hall–Kier alpha value is -1.55. The summed E-state index contributed by atoms with van der Waals surface area (Å²) in [5, 5.41) is 12.0. The Morgan fingerprint density at radius 3 is 2.30 bits per heavy atom. The van der Waals surface area contributed by atoms with E-state index in [1.165, 1.54) is 0 Å². The summed E-state index contributed by atoms with van der Waals surface area (Å²) < 4.78 is 0. The van der Waals surface area contributed by atoms with Gasteiger partial charge in [-0.3, -0.25) is 4.79 Å². The lowest BCUT2D eigenvalue weighted by Crippen LogP contribution is -2.30. The number of nitrogens with zero attached hydrogens (tertiary/aromatic N) is 1. The van der Waals surface area contributed by atoms with Crippen LogP contribution in [0.1, 0.15) is 44.5 Å². The standard InChI is InChI=1S/C16H26N2O2/c1-5-18(12(2)3)15-8-6-14(7-9-15)16(20)17-11-10-13(4)19/h6-9,12-13,19H,5,10-11H2,1-4H3,(H,17,20). The van der Waals surface area contributed by atoms with Crippen molar-refractivity contribution in [1.29, 1.82) is 0 Å². The minimum atomic E-state index is -0.387. The molecule has 1 amide bonds. The van der Waals surface area contributed by atoms with Crippen LogP contribution >= 0.6 is 0 Å². The average molecular weight is 278 g/mol. The Labute approximate surface area is 121 Å². The Morgan fingerprint density at radius 1 is 1.25 bits per heavy atom. The van der Waals surface area contributed by atoms with Crippen LogP contribution in [0.15, 0.2) is 24.3 Å². The van der Waals surface area contributed by atoms with Crippen LogP contribution in [-0.4, -0.2) is 36.2 Å². The maximum absolute atomic E-state index is 11.9. The lowest BCUT2D eigenvalue weighted by Gasteiger charge is -2.27. The first-order valence-electron chi connectivity index (χ1n) is 7.28. The first-order valence-corrected chi connectivity index (χ1v) is 7.28. The number of carbonyl (C=O) groups is 1. The molecule has 1 aromatic carbocycles. The Kier molecular flexibility index (Phi) is 6.52. The summed E-state index contributed by atoms with van der Waals surface area (Å²) in [6.45, 7) is 9.58. The zero-order chi connectivity index (χ0) is 15.1. The largest absolute Gasteiger partial charge is 0.393 e. The zero-order valence-corrected chi connectivity index (χ0v) is 12.9. The highest BCUT2D eigenvalue weighted by Gasteiger charge is 2.10. The maximum atomic E-state index is 11.9. The number of carbonyl (C=O) groups excluding carboxylic acids is 1. The van der Waals surface area contributed by atoms with Crippen molar-refractivity contribution in [1.82, 2.24) is 5.32 Å². The van der Waals surface area contributed by atoms with Gasteiger partial charge in [-0.1, -0.05) is 0 Å². The summed E-state index contributed by atoms with van der Waals surface area (Å²) in [4.78, 5) is 14.2. The number of nitrogens with one attached hydrogen (secondary N) is 1. The summed E-state index contributed by atoms with van der Waals surface area (Å²) >= 11 is 0. The fraction of sp³-hybridized carbons (Fsp3) is 0.562. The highest BCUT2D eigenvalue weighted by Crippen LogP contribution is 2.17. The predicted octanol–water partition coefficient (Wildman–Crippen LogP) is 2.42. The number of amides is 1. The molecular formula is C16H26N2O2. The van der Waals surface area contributed by atoms with Gasteiger partial charge in [-0.2, -0.15) is 0 Å². The second-order valence-corrected chi connectivity index (χ2v) is 5.32. The van der Waals surface area contributed by atoms with Gasteiger partial charge in [0.1, 0.15) is 0 Å². The molecule has 20 heavy (non-hydrogen) atoms. The molecule has 0 aromatic heterocycles. The Bertz CT molecular complexity index is 413. The monoisotopic (exact) mass is 278 g/mol. The molecule has 0 heterocycles. The lowest BCUT2D eigenvalue weighted by molar-refractivity contribution is 0.0945. The minimum Gasteiger partial charge on any atom is -0.393 e. The first kappa shape index (κ1) is 16.5. The first-order chi connectivity index (χ1) is 9.45. The van der Waals surface area contributed by atoms with Gasteiger partial charge in [0.25, 0.3) is 5.91 Å². The number of aliphatic hydroxyl groups excluding tert-OH is 1. The van der Waals surface area contributed by atoms with Crippen molar-refractivity contribution >= 4 is 11.6 Å². The number of hydrogen-bond donors (Lipinski definition) is 2. The fourth-order valence-electron chi connectivity index (χ4n) is 2.15. The fourth-order valence-corrected chi connectivity index (χ4v) is 2.15. The molecule has 0 radical (unpaired) electrons. The van der Waals surface area contributed by atoms with E-state index in [1.54, 1.807) is 6.92 Å². The molecule has 0 saturated heterocycles. The molecule has 0 aliphatic heterocycles. The average Bonchev–Trinajstić information content (AvgIpc) is 2.39. The topological polar surface area (TPSA) is 52.6 Å². The highest BCUT2D eigenvalue weighted by atomic mass is 16.3. The van der Waals surface area contributed by atoms with Crippen molar-refractivity contribution in [3.05, 3.63) is 29.8 Å². The van der Waals surface area contributed by atoms with Crippen LogP contribution in [0, 0.1) is 0 Å². The lowest BCUT2D eigenvalue weighted by atomic mass is 10.1. The van der Waals surface area contributed by atoms with Gasteiger partial charge in [-0.05, 0) is 58.4 Å². The molecule has 0 aliphatic carbocycles. The quantitative estimate of drug-likeness (QED) is 0.805. The molecule has 1 unspecified atom stereocenters. The van der Waals surface area contributed by atoms with Gasteiger partial charge >= 0.3 is 0 Å². The molecule has 1 aromatic rings. The molecule has 0 saturated carbocycles. The summed E-state index contributed by atoms with van der Waals surface area (Å²) in [5.41, 5.74) is 1.78. The number of anilines is 1. The van der Waals surface area contributed by atoms with E-state index in [2.05, 4.69) is 31.0 Å². The molecular weight excluding hydrogens is 252 g/mol. The number of benzene rings is 1. The van der Waals surface area contributed by atoms with Gasteiger partial charge in [-0.25, -0.2) is 0 Å². The molecule has 2 N–H and O–H groups in total. The van der Waals surface area contributed by atoms with Gasteiger partial charge in [0, 0.05) is 30.4 Å². The van der Waals surface area contributed by atoms with Crippen molar-refractivity contribution < 1.29 is 9.90 Å². The summed E-state index contributed by atoms with van der Waals surface area (Å²) in [6.07, 6.45) is 0.183. The molecule has 1 atom stereocenters. The van der Waals surface area contributed by atoms with E-state index >= 15 is 0 Å². The molecule has 1 rings (SSSR count). The van der Waals surface area contributed by atoms with Crippen molar-refractivity contribution in [3.63, 3.8) is 0 Å². The smallest absolute Gasteiger partial charge is 0.251 e. The van der Waals surface area contributed by atoms with Gasteiger partial charge in [0.15, 0.2) is 0 Å². The van der Waals surface area contributed by atoms with Crippen molar-refractivity contribution in [2.24, 2.45) is 0 Å². The molecule has 0 bridgehead atoms. The summed E-state index contributed by atoms with van der Waals surface area (Å²) in [7, 11) is 0. The van der Waals surface area contributed by atoms with Crippen LogP contribution in [-0.2, 0) is 0 Å². The van der Waals surface area contributed by atoms with E-state index in [0.717, 1.165) is 12.2 Å². The zero-order valence-electron chi connectivity index (χ0n) is 12.9. The molecule has 0 aliphatic rings. The van der Waals surface area contributed by atoms with Crippen molar-refractivity contribution in [3.8, 4) is 0 Å². The summed E-state index contributed by atoms with van der Waals surface area (Å²) in [5.74, 6) is -0.0928. The van der Waals surface area contributed by atoms with E-state index in [0.29, 0.717) is 24.6 Å². The molecule has 0 fully saturated rings. The number of aliphatic hydroxyl groups is 1. The van der Waals surface area contributed by atoms with Crippen LogP contribution in [0.5, 0.6) is 0 Å². The van der Waals surface area contributed by atoms with Crippen LogP contribution in [0.4, 0.5) is 5.69 Å². The minimum absolute atomic E-state index is 0.0928. The van der Waals surface area contributed by atoms with E-state index in [-0.39, 0.29) is 12.0 Å². The SMILES string of the molecule is CCN(c1ccc(C(=O)NCCC(C)O)cc1)C(C)C. The third-order valence-electron chi connectivity index (χ3n) is 3.27. The van der Waals surface area contributed by atoms with E-state index in [9.17, 15) is 4.79 Å². The van der Waals surface area contributed by atoms with Crippen LogP contribution in [0.3, 0.4) is 0 Å². The van der Waals surface area contributed by atoms with Crippen molar-refractivity contribution in [2.45, 2.75) is 46.3 Å². The van der Waals surface area contributed by atoms with Crippen LogP contribution in [0.2, 0.25) is 0 Å². The molecule has 4 heteroatoms. The summed E-state index contributed by atoms with van der Waals surface area (Å²) in [6, 6.07) is 8.08. The third kappa shape index (κ3) is 4.85. The second-order valence-electron chi connectivity index (χ2n) is 5.32. The molecule has 0 spiro atoms. The van der Waals surface area contributed by atoms with E-state index in [1.807, 2.05) is 24.3 Å². The molecule has 112 valence electrons. The van der Waals surface area contributed by atoms with Gasteiger partial charge in [0.2, 0.25) is 0 Å². The number of rotatable bonds is 7.